The first-order chi connectivity index (χ1) is 17.1. The van der Waals surface area contributed by atoms with E-state index in [9.17, 15) is 14.4 Å². The molecule has 1 aliphatic rings. The summed E-state index contributed by atoms with van der Waals surface area (Å²) < 4.78 is 0. The van der Waals surface area contributed by atoms with E-state index in [0.717, 1.165) is 11.1 Å². The van der Waals surface area contributed by atoms with E-state index in [0.29, 0.717) is 43.7 Å². The topological polar surface area (TPSA) is 78.5 Å². The molecule has 6 heteroatoms. The van der Waals surface area contributed by atoms with Gasteiger partial charge in [-0.05, 0) is 42.2 Å². The van der Waals surface area contributed by atoms with Crippen molar-refractivity contribution in [2.24, 2.45) is 5.92 Å². The molecule has 2 N–H and O–H groups in total. The Bertz CT molecular complexity index is 1180. The van der Waals surface area contributed by atoms with Gasteiger partial charge < -0.3 is 15.5 Å². The third-order valence-electron chi connectivity index (χ3n) is 6.12. The molecule has 0 saturated carbocycles. The first-order valence-electron chi connectivity index (χ1n) is 11.8. The van der Waals surface area contributed by atoms with Gasteiger partial charge in [0.2, 0.25) is 11.8 Å². The van der Waals surface area contributed by atoms with Crippen LogP contribution in [0, 0.1) is 5.92 Å². The van der Waals surface area contributed by atoms with Crippen LogP contribution in [-0.2, 0) is 16.1 Å². The number of para-hydroxylation sites is 1. The van der Waals surface area contributed by atoms with Crippen molar-refractivity contribution in [1.29, 1.82) is 0 Å². The summed E-state index contributed by atoms with van der Waals surface area (Å²) in [4.78, 5) is 40.0. The van der Waals surface area contributed by atoms with Crippen LogP contribution in [0.5, 0.6) is 0 Å². The van der Waals surface area contributed by atoms with Gasteiger partial charge >= 0.3 is 0 Å². The van der Waals surface area contributed by atoms with Gasteiger partial charge in [-0.2, -0.15) is 0 Å². The van der Waals surface area contributed by atoms with Crippen molar-refractivity contribution in [1.82, 2.24) is 10.2 Å². The predicted molar refractivity (Wildman–Crippen MR) is 137 cm³/mol. The van der Waals surface area contributed by atoms with Crippen molar-refractivity contribution in [2.45, 2.75) is 19.4 Å². The minimum Gasteiger partial charge on any atom is -0.348 e. The van der Waals surface area contributed by atoms with E-state index >= 15 is 0 Å². The minimum absolute atomic E-state index is 0.0480. The van der Waals surface area contributed by atoms with Crippen LogP contribution in [0.2, 0.25) is 0 Å². The molecule has 0 unspecified atom stereocenters. The van der Waals surface area contributed by atoms with Gasteiger partial charge in [0.1, 0.15) is 0 Å². The van der Waals surface area contributed by atoms with E-state index in [-0.39, 0.29) is 23.6 Å². The fourth-order valence-electron chi connectivity index (χ4n) is 4.10. The van der Waals surface area contributed by atoms with Crippen LogP contribution in [-0.4, -0.2) is 35.7 Å². The summed E-state index contributed by atoms with van der Waals surface area (Å²) in [6, 6.07) is 26.4. The van der Waals surface area contributed by atoms with E-state index in [4.69, 9.17) is 0 Å². The third kappa shape index (κ3) is 6.67. The molecule has 1 fully saturated rings. The summed E-state index contributed by atoms with van der Waals surface area (Å²) >= 11 is 0. The summed E-state index contributed by atoms with van der Waals surface area (Å²) in [5.41, 5.74) is 2.90. The van der Waals surface area contributed by atoms with Gasteiger partial charge in [0, 0.05) is 31.6 Å². The van der Waals surface area contributed by atoms with E-state index in [1.165, 1.54) is 0 Å². The van der Waals surface area contributed by atoms with Crippen molar-refractivity contribution in [2.75, 3.05) is 18.4 Å². The van der Waals surface area contributed by atoms with Crippen LogP contribution in [0.4, 0.5) is 5.69 Å². The Balaban J connectivity index is 1.30. The predicted octanol–water partition coefficient (Wildman–Crippen LogP) is 4.51. The van der Waals surface area contributed by atoms with Crippen molar-refractivity contribution in [3.05, 3.63) is 108 Å². The molecular formula is C29H29N3O3. The molecule has 0 atom stereocenters. The Morgan fingerprint density at radius 2 is 1.46 bits per heavy atom. The molecular weight excluding hydrogens is 438 g/mol. The van der Waals surface area contributed by atoms with Crippen LogP contribution in [0.25, 0.3) is 6.08 Å². The highest BCUT2D eigenvalue weighted by atomic mass is 16.2. The lowest BCUT2D eigenvalue weighted by atomic mass is 9.95. The quantitative estimate of drug-likeness (QED) is 0.502. The molecule has 3 amide bonds. The van der Waals surface area contributed by atoms with Crippen LogP contribution in [0.15, 0.2) is 91.0 Å². The van der Waals surface area contributed by atoms with Crippen molar-refractivity contribution in [3.8, 4) is 0 Å². The summed E-state index contributed by atoms with van der Waals surface area (Å²) in [5.74, 6) is -0.624. The second-order valence-corrected chi connectivity index (χ2v) is 8.55. The van der Waals surface area contributed by atoms with Crippen molar-refractivity contribution >= 4 is 29.5 Å². The Hall–Kier alpha value is -4.19. The highest BCUT2D eigenvalue weighted by Gasteiger charge is 2.27. The molecule has 6 nitrogen and oxygen atoms in total. The maximum absolute atomic E-state index is 12.9. The van der Waals surface area contributed by atoms with E-state index in [1.807, 2.05) is 60.7 Å². The van der Waals surface area contributed by atoms with Crippen molar-refractivity contribution < 1.29 is 14.4 Å². The fourth-order valence-corrected chi connectivity index (χ4v) is 4.10. The molecule has 1 aliphatic heterocycles. The molecule has 0 aliphatic carbocycles. The normalized spacial score (nSPS) is 14.0. The molecule has 0 radical (unpaired) electrons. The molecule has 35 heavy (non-hydrogen) atoms. The molecule has 1 saturated heterocycles. The Morgan fingerprint density at radius 1 is 0.829 bits per heavy atom. The smallest absolute Gasteiger partial charge is 0.253 e. The zero-order chi connectivity index (χ0) is 24.5. The number of benzene rings is 3. The zero-order valence-corrected chi connectivity index (χ0v) is 19.5. The molecule has 3 aromatic rings. The monoisotopic (exact) mass is 467 g/mol. The van der Waals surface area contributed by atoms with Crippen LogP contribution >= 0.6 is 0 Å². The van der Waals surface area contributed by atoms with Crippen LogP contribution < -0.4 is 10.6 Å². The van der Waals surface area contributed by atoms with Gasteiger partial charge in [-0.1, -0.05) is 72.8 Å². The first kappa shape index (κ1) is 24.0. The number of piperidine rings is 1. The number of rotatable bonds is 7. The van der Waals surface area contributed by atoms with E-state index < -0.39 is 0 Å². The second-order valence-electron chi connectivity index (χ2n) is 8.55. The summed E-state index contributed by atoms with van der Waals surface area (Å²) in [7, 11) is 0. The number of hydrogen-bond acceptors (Lipinski definition) is 3. The Morgan fingerprint density at radius 3 is 2.17 bits per heavy atom. The number of likely N-dealkylation sites (tertiary alicyclic amines) is 1. The lowest BCUT2D eigenvalue weighted by Crippen LogP contribution is -2.40. The summed E-state index contributed by atoms with van der Waals surface area (Å²) in [5, 5.41) is 5.84. The van der Waals surface area contributed by atoms with Gasteiger partial charge in [0.05, 0.1) is 11.3 Å². The molecule has 1 heterocycles. The number of nitrogens with zero attached hydrogens (tertiary/aromatic N) is 1. The number of hydrogen-bond donors (Lipinski definition) is 2. The minimum atomic E-state index is -0.240. The molecule has 0 aromatic heterocycles. The SMILES string of the molecule is O=C(NCc1ccccc1)c1ccccc1NC(=O)C1CCN(C(=O)/C=C/c2ccccc2)CC1. The van der Waals surface area contributed by atoms with E-state index in [2.05, 4.69) is 10.6 Å². The molecule has 3 aromatic carbocycles. The number of nitrogens with one attached hydrogen (secondary N) is 2. The van der Waals surface area contributed by atoms with Gasteiger partial charge in [-0.15, -0.1) is 0 Å². The standard InChI is InChI=1S/C29H29N3O3/c33-27(16-15-22-9-3-1-4-10-22)32-19-17-24(18-20-32)28(34)31-26-14-8-7-13-25(26)29(35)30-21-23-11-5-2-6-12-23/h1-16,24H,17-21H2,(H,30,35)(H,31,34)/b16-15+. The summed E-state index contributed by atoms with van der Waals surface area (Å²) in [6.07, 6.45) is 4.55. The first-order valence-corrected chi connectivity index (χ1v) is 11.8. The maximum Gasteiger partial charge on any atom is 0.253 e. The third-order valence-corrected chi connectivity index (χ3v) is 6.12. The molecule has 0 spiro atoms. The second kappa shape index (κ2) is 11.8. The number of amides is 3. The molecule has 0 bridgehead atoms. The van der Waals surface area contributed by atoms with Gasteiger partial charge in [-0.25, -0.2) is 0 Å². The van der Waals surface area contributed by atoms with Crippen LogP contribution in [0.1, 0.15) is 34.3 Å². The molecule has 4 rings (SSSR count). The Labute approximate surface area is 205 Å². The average molecular weight is 468 g/mol. The molecule has 178 valence electrons. The summed E-state index contributed by atoms with van der Waals surface area (Å²) in [6.45, 7) is 1.46. The number of anilines is 1. The maximum atomic E-state index is 12.9. The number of carbonyl (C=O) groups excluding carboxylic acids is 3. The van der Waals surface area contributed by atoms with Crippen LogP contribution in [0.3, 0.4) is 0 Å². The highest BCUT2D eigenvalue weighted by Crippen LogP contribution is 2.22. The van der Waals surface area contributed by atoms with Gasteiger partial charge in [0.25, 0.3) is 5.91 Å². The van der Waals surface area contributed by atoms with E-state index in [1.54, 1.807) is 41.3 Å². The lowest BCUT2D eigenvalue weighted by Gasteiger charge is -2.30. The van der Waals surface area contributed by atoms with Gasteiger partial charge in [-0.3, -0.25) is 14.4 Å². The largest absolute Gasteiger partial charge is 0.348 e. The average Bonchev–Trinajstić information content (AvgIpc) is 2.92. The lowest BCUT2D eigenvalue weighted by molar-refractivity contribution is -0.130. The van der Waals surface area contributed by atoms with Gasteiger partial charge in [0.15, 0.2) is 0 Å². The Kier molecular flexibility index (Phi) is 8.07. The number of carbonyl (C=O) groups is 3. The fraction of sp³-hybridized carbons (Fsp3) is 0.207. The highest BCUT2D eigenvalue weighted by molar-refractivity contribution is 6.04. The van der Waals surface area contributed by atoms with Crippen molar-refractivity contribution in [3.63, 3.8) is 0 Å². The zero-order valence-electron chi connectivity index (χ0n) is 19.5.